The first-order valence-corrected chi connectivity index (χ1v) is 21.5. The molecule has 0 spiro atoms. The first kappa shape index (κ1) is 50.5. The molecule has 0 saturated heterocycles. The Hall–Kier alpha value is -2.45. The number of carboxylic acid groups (broad SMARTS) is 1. The van der Waals surface area contributed by atoms with Crippen LogP contribution in [0.4, 0.5) is 0 Å². The summed E-state index contributed by atoms with van der Waals surface area (Å²) in [5.74, 6) is -1.78. The molecule has 0 aromatic rings. The van der Waals surface area contributed by atoms with Crippen LogP contribution in [0, 0.1) is 0 Å². The van der Waals surface area contributed by atoms with Crippen molar-refractivity contribution in [3.8, 4) is 0 Å². The smallest absolute Gasteiger partial charge is 0.306 e. The minimum atomic E-state index is -1.13. The third-order valence-corrected chi connectivity index (χ3v) is 9.54. The largest absolute Gasteiger partial charge is 0.544 e. The number of rotatable bonds is 38. The highest BCUT2D eigenvalue weighted by Crippen LogP contribution is 2.15. The minimum absolute atomic E-state index is 0.0309. The van der Waals surface area contributed by atoms with Gasteiger partial charge in [-0.15, -0.1) is 0 Å². The summed E-state index contributed by atoms with van der Waals surface area (Å²) in [6.45, 7) is 4.51. The number of unbranched alkanes of at least 4 members (excludes halogenated alkanes) is 18. The fraction of sp³-hybridized carbons (Fsp3) is 0.800. The highest BCUT2D eigenvalue weighted by Gasteiger charge is 2.25. The fourth-order valence-corrected chi connectivity index (χ4v) is 6.20. The van der Waals surface area contributed by atoms with E-state index < -0.39 is 18.1 Å². The van der Waals surface area contributed by atoms with Gasteiger partial charge >= 0.3 is 11.9 Å². The molecule has 0 N–H and O–H groups in total. The molecular weight excluding hydrogens is 666 g/mol. The van der Waals surface area contributed by atoms with Crippen LogP contribution in [-0.2, 0) is 28.6 Å². The zero-order valence-electron chi connectivity index (χ0n) is 34.9. The van der Waals surface area contributed by atoms with Crippen molar-refractivity contribution in [2.75, 3.05) is 41.0 Å². The van der Waals surface area contributed by atoms with Crippen molar-refractivity contribution < 1.29 is 38.2 Å². The molecule has 2 unspecified atom stereocenters. The molecule has 2 atom stereocenters. The first-order valence-electron chi connectivity index (χ1n) is 21.5. The van der Waals surface area contributed by atoms with E-state index in [1.165, 1.54) is 89.9 Å². The normalized spacial score (nSPS) is 13.3. The van der Waals surface area contributed by atoms with Crippen LogP contribution in [0.3, 0.4) is 0 Å². The maximum atomic E-state index is 12.7. The molecule has 0 saturated carbocycles. The summed E-state index contributed by atoms with van der Waals surface area (Å²) in [5.41, 5.74) is 0. The number of carbonyl (C=O) groups is 3. The van der Waals surface area contributed by atoms with Crippen LogP contribution in [0.25, 0.3) is 0 Å². The molecule has 8 nitrogen and oxygen atoms in total. The van der Waals surface area contributed by atoms with Crippen LogP contribution in [0.5, 0.6) is 0 Å². The number of esters is 2. The van der Waals surface area contributed by atoms with Gasteiger partial charge in [-0.2, -0.15) is 0 Å². The van der Waals surface area contributed by atoms with Crippen LogP contribution in [0.2, 0.25) is 0 Å². The minimum Gasteiger partial charge on any atom is -0.544 e. The number of quaternary nitrogens is 1. The van der Waals surface area contributed by atoms with Crippen molar-refractivity contribution in [2.24, 2.45) is 0 Å². The Morgan fingerprint density at radius 2 is 1.06 bits per heavy atom. The predicted molar refractivity (Wildman–Crippen MR) is 217 cm³/mol. The molecule has 0 aromatic carbocycles. The Kier molecular flexibility index (Phi) is 34.8. The number of carboxylic acids is 1. The van der Waals surface area contributed by atoms with E-state index in [2.05, 4.69) is 50.3 Å². The average Bonchev–Trinajstić information content (AvgIpc) is 3.11. The second-order valence-corrected chi connectivity index (χ2v) is 15.6. The number of allylic oxidation sites excluding steroid dienone is 6. The van der Waals surface area contributed by atoms with Gasteiger partial charge in [0.05, 0.1) is 40.3 Å². The maximum absolute atomic E-state index is 12.7. The standard InChI is InChI=1S/C45H81NO7/c1-6-8-10-12-14-16-18-20-21-22-23-24-26-28-30-32-34-36-44(48)53-41(39-51-38-37-42(45(49)50)46(3,4)5)40-52-43(47)35-33-31-29-27-25-19-17-15-13-11-9-7-2/h9,11,15,17,25,27,41-42H,6-8,10,12-14,16,18-24,26,28-40H2,1-5H3/b11-9+,17-15+,27-25+. The van der Waals surface area contributed by atoms with E-state index in [0.29, 0.717) is 12.8 Å². The molecular formula is C45H81NO7. The number of hydrogen-bond acceptors (Lipinski definition) is 7. The van der Waals surface area contributed by atoms with Gasteiger partial charge in [-0.1, -0.05) is 153 Å². The third kappa shape index (κ3) is 35.0. The predicted octanol–water partition coefficient (Wildman–Crippen LogP) is 10.1. The maximum Gasteiger partial charge on any atom is 0.306 e. The number of aliphatic carboxylic acids is 1. The summed E-state index contributed by atoms with van der Waals surface area (Å²) in [5, 5.41) is 11.6. The molecule has 0 aliphatic carbocycles. The molecule has 0 heterocycles. The van der Waals surface area contributed by atoms with E-state index >= 15 is 0 Å². The first-order chi connectivity index (χ1) is 25.6. The number of likely N-dealkylation sites (N-methyl/N-ethyl adjacent to an activating group) is 1. The monoisotopic (exact) mass is 748 g/mol. The summed E-state index contributed by atoms with van der Waals surface area (Å²) < 4.78 is 17.1. The SMILES string of the molecule is CC/C=C/C/C=C/C/C=C/CCCCC(=O)OCC(COCCC(C(=O)[O-])[N+](C)(C)C)OC(=O)CCCCCCCCCCCCCCCCCCC. The zero-order valence-corrected chi connectivity index (χ0v) is 34.9. The Balaban J connectivity index is 4.36. The molecule has 0 aliphatic heterocycles. The van der Waals surface area contributed by atoms with E-state index in [1.807, 2.05) is 0 Å². The molecule has 0 aromatic heterocycles. The molecule has 0 aliphatic rings. The summed E-state index contributed by atoms with van der Waals surface area (Å²) in [6, 6.07) is -0.729. The molecule has 53 heavy (non-hydrogen) atoms. The van der Waals surface area contributed by atoms with Crippen molar-refractivity contribution in [3.05, 3.63) is 36.5 Å². The highest BCUT2D eigenvalue weighted by molar-refractivity contribution is 5.70. The van der Waals surface area contributed by atoms with E-state index in [9.17, 15) is 19.5 Å². The quantitative estimate of drug-likeness (QED) is 0.0268. The van der Waals surface area contributed by atoms with Crippen LogP contribution in [-0.4, -0.2) is 75.5 Å². The second-order valence-electron chi connectivity index (χ2n) is 15.6. The van der Waals surface area contributed by atoms with Gasteiger partial charge in [-0.05, 0) is 44.9 Å². The lowest BCUT2D eigenvalue weighted by Gasteiger charge is -2.34. The van der Waals surface area contributed by atoms with Crippen LogP contribution >= 0.6 is 0 Å². The van der Waals surface area contributed by atoms with Crippen LogP contribution in [0.15, 0.2) is 36.5 Å². The van der Waals surface area contributed by atoms with Gasteiger partial charge in [0.2, 0.25) is 0 Å². The number of ether oxygens (including phenoxy) is 3. The zero-order chi connectivity index (χ0) is 39.3. The van der Waals surface area contributed by atoms with Crippen LogP contribution in [0.1, 0.15) is 181 Å². The van der Waals surface area contributed by atoms with E-state index in [1.54, 1.807) is 21.1 Å². The summed E-state index contributed by atoms with van der Waals surface area (Å²) in [4.78, 5) is 36.8. The molecule has 0 amide bonds. The molecule has 0 bridgehead atoms. The van der Waals surface area contributed by atoms with Gasteiger partial charge in [0.1, 0.15) is 12.6 Å². The lowest BCUT2D eigenvalue weighted by molar-refractivity contribution is -0.889. The number of hydrogen-bond donors (Lipinski definition) is 0. The molecule has 0 rings (SSSR count). The van der Waals surface area contributed by atoms with Crippen molar-refractivity contribution in [1.29, 1.82) is 0 Å². The Morgan fingerprint density at radius 1 is 0.585 bits per heavy atom. The summed E-state index contributed by atoms with van der Waals surface area (Å²) in [7, 11) is 5.39. The van der Waals surface area contributed by atoms with Crippen LogP contribution < -0.4 is 5.11 Å². The molecule has 0 radical (unpaired) electrons. The van der Waals surface area contributed by atoms with Gasteiger partial charge in [0.15, 0.2) is 6.10 Å². The van der Waals surface area contributed by atoms with Gasteiger partial charge in [-0.25, -0.2) is 0 Å². The molecule has 0 fully saturated rings. The van der Waals surface area contributed by atoms with Crippen molar-refractivity contribution >= 4 is 17.9 Å². The second kappa shape index (κ2) is 36.5. The lowest BCUT2D eigenvalue weighted by atomic mass is 10.0. The lowest BCUT2D eigenvalue weighted by Crippen LogP contribution is -2.55. The third-order valence-electron chi connectivity index (χ3n) is 9.54. The summed E-state index contributed by atoms with van der Waals surface area (Å²) in [6.07, 6.45) is 40.3. The fourth-order valence-electron chi connectivity index (χ4n) is 6.20. The highest BCUT2D eigenvalue weighted by atomic mass is 16.6. The summed E-state index contributed by atoms with van der Waals surface area (Å²) >= 11 is 0. The van der Waals surface area contributed by atoms with Gasteiger partial charge < -0.3 is 28.6 Å². The average molecular weight is 748 g/mol. The van der Waals surface area contributed by atoms with E-state index in [-0.39, 0.29) is 42.7 Å². The van der Waals surface area contributed by atoms with Gasteiger partial charge in [0.25, 0.3) is 0 Å². The molecule has 8 heteroatoms. The Bertz CT molecular complexity index is 968. The van der Waals surface area contributed by atoms with E-state index in [4.69, 9.17) is 14.2 Å². The number of carbonyl (C=O) groups excluding carboxylic acids is 3. The van der Waals surface area contributed by atoms with Crippen molar-refractivity contribution in [3.63, 3.8) is 0 Å². The number of nitrogens with zero attached hydrogens (tertiary/aromatic N) is 1. The van der Waals surface area contributed by atoms with Crippen molar-refractivity contribution in [2.45, 2.75) is 193 Å². The Morgan fingerprint density at radius 3 is 1.57 bits per heavy atom. The topological polar surface area (TPSA) is 102 Å². The van der Waals surface area contributed by atoms with E-state index in [0.717, 1.165) is 57.8 Å². The van der Waals surface area contributed by atoms with Crippen molar-refractivity contribution in [1.82, 2.24) is 0 Å². The molecule has 308 valence electrons. The van der Waals surface area contributed by atoms with Gasteiger partial charge in [0, 0.05) is 19.3 Å². The Labute approximate surface area is 325 Å². The van der Waals surface area contributed by atoms with Gasteiger partial charge in [-0.3, -0.25) is 9.59 Å².